The van der Waals surface area contributed by atoms with Crippen LogP contribution in [0.1, 0.15) is 47.5 Å². The number of hydrogen-bond donors (Lipinski definition) is 1. The van der Waals surface area contributed by atoms with Crippen molar-refractivity contribution < 1.29 is 18.8 Å². The van der Waals surface area contributed by atoms with Crippen molar-refractivity contribution in [3.8, 4) is 0 Å². The van der Waals surface area contributed by atoms with E-state index in [0.29, 0.717) is 32.0 Å². The molecule has 1 unspecified atom stereocenters. The Morgan fingerprint density at radius 3 is 1.94 bits per heavy atom. The first-order valence-electron chi connectivity index (χ1n) is 6.41. The van der Waals surface area contributed by atoms with Crippen LogP contribution >= 0.6 is 0 Å². The van der Waals surface area contributed by atoms with Crippen molar-refractivity contribution in [2.24, 2.45) is 5.92 Å². The normalized spacial score (nSPS) is 15.2. The van der Waals surface area contributed by atoms with Crippen LogP contribution in [-0.4, -0.2) is 33.6 Å². The number of carboxylic acid groups (broad SMARTS) is 1. The van der Waals surface area contributed by atoms with Gasteiger partial charge in [-0.15, -0.1) is 0 Å². The average molecular weight is 262 g/mol. The fourth-order valence-electron chi connectivity index (χ4n) is 2.14. The van der Waals surface area contributed by atoms with Crippen LogP contribution < -0.4 is 0 Å². The van der Waals surface area contributed by atoms with Gasteiger partial charge in [0, 0.05) is 13.2 Å². The molecule has 1 atom stereocenters. The topological polar surface area (TPSA) is 55.8 Å². The summed E-state index contributed by atoms with van der Waals surface area (Å²) in [6, 6.07) is 0. The van der Waals surface area contributed by atoms with Crippen LogP contribution in [0.15, 0.2) is 0 Å². The Kier molecular flexibility index (Phi) is 7.66. The van der Waals surface area contributed by atoms with Crippen molar-refractivity contribution in [3.05, 3.63) is 0 Å². The summed E-state index contributed by atoms with van der Waals surface area (Å²) in [5.74, 6) is -0.450. The predicted molar refractivity (Wildman–Crippen MR) is 70.5 cm³/mol. The van der Waals surface area contributed by atoms with Crippen molar-refractivity contribution in [2.75, 3.05) is 13.2 Å². The molecule has 0 amide bonds. The van der Waals surface area contributed by atoms with Gasteiger partial charge in [0.25, 0.3) is 0 Å². The molecule has 1 N–H and O–H groups in total. The predicted octanol–water partition coefficient (Wildman–Crippen LogP) is 2.56. The first-order chi connectivity index (χ1) is 7.94. The third-order valence-electron chi connectivity index (χ3n) is 2.92. The number of hydrogen-bond acceptors (Lipinski definition) is 3. The maximum Gasteiger partial charge on any atom is 0.339 e. The van der Waals surface area contributed by atoms with Gasteiger partial charge in [0.05, 0.1) is 0 Å². The van der Waals surface area contributed by atoms with Crippen LogP contribution in [0.5, 0.6) is 0 Å². The van der Waals surface area contributed by atoms with Crippen molar-refractivity contribution >= 4 is 15.3 Å². The molecule has 0 spiro atoms. The lowest BCUT2D eigenvalue weighted by molar-refractivity contribution is -0.142. The zero-order valence-electron chi connectivity index (χ0n) is 11.7. The van der Waals surface area contributed by atoms with E-state index in [4.69, 9.17) is 8.85 Å². The number of rotatable bonds is 9. The van der Waals surface area contributed by atoms with Crippen molar-refractivity contribution in [2.45, 2.75) is 52.5 Å². The first-order valence-corrected chi connectivity index (χ1v) is 7.93. The van der Waals surface area contributed by atoms with E-state index in [0.717, 1.165) is 0 Å². The molecule has 0 fully saturated rings. The van der Waals surface area contributed by atoms with Gasteiger partial charge in [-0.2, -0.15) is 0 Å². The zero-order valence-corrected chi connectivity index (χ0v) is 12.8. The molecule has 0 aliphatic heterocycles. The smallest absolute Gasteiger partial charge is 0.339 e. The minimum Gasteiger partial charge on any atom is -0.481 e. The maximum atomic E-state index is 11.7. The molecular weight excluding hydrogens is 236 g/mol. The molecule has 0 saturated heterocycles. The van der Waals surface area contributed by atoms with Crippen LogP contribution in [0.25, 0.3) is 0 Å². The third-order valence-corrected chi connectivity index (χ3v) is 5.98. The molecule has 0 bridgehead atoms. The monoisotopic (exact) mass is 262 g/mol. The maximum absolute atomic E-state index is 11.7. The summed E-state index contributed by atoms with van der Waals surface area (Å²) in [5.41, 5.74) is 0. The molecule has 5 heteroatoms. The summed E-state index contributed by atoms with van der Waals surface area (Å²) in [5, 5.41) is 8.77. The molecule has 0 saturated carbocycles. The quantitative estimate of drug-likeness (QED) is 0.649. The molecule has 17 heavy (non-hydrogen) atoms. The van der Waals surface area contributed by atoms with Crippen LogP contribution in [0, 0.1) is 5.92 Å². The Morgan fingerprint density at radius 1 is 1.24 bits per heavy atom. The van der Waals surface area contributed by atoms with E-state index in [2.05, 4.69) is 0 Å². The summed E-state index contributed by atoms with van der Waals surface area (Å²) in [4.78, 5) is 11.7. The lowest BCUT2D eigenvalue weighted by Crippen LogP contribution is -2.44. The zero-order chi connectivity index (χ0) is 13.5. The molecule has 0 aromatic rings. The number of carboxylic acids is 1. The summed E-state index contributed by atoms with van der Waals surface area (Å²) in [7, 11) is -2.20. The van der Waals surface area contributed by atoms with Gasteiger partial charge in [-0.3, -0.25) is 4.79 Å². The van der Waals surface area contributed by atoms with E-state index in [1.54, 1.807) is 0 Å². The minimum atomic E-state index is -2.20. The molecule has 0 aliphatic rings. The molecule has 0 aromatic heterocycles. The van der Waals surface area contributed by atoms with E-state index in [1.807, 2.05) is 34.6 Å². The van der Waals surface area contributed by atoms with Gasteiger partial charge in [-0.1, -0.05) is 20.8 Å². The highest BCUT2D eigenvalue weighted by Gasteiger charge is 2.48. The summed E-state index contributed by atoms with van der Waals surface area (Å²) in [6.07, 6.45) is 1.19. The van der Waals surface area contributed by atoms with E-state index < -0.39 is 20.3 Å². The second-order valence-corrected chi connectivity index (χ2v) is 7.09. The molecular formula is C12H26O4Si. The Labute approximate surface area is 106 Å². The molecule has 0 aromatic carbocycles. The van der Waals surface area contributed by atoms with Crippen molar-refractivity contribution in [1.29, 1.82) is 0 Å². The molecule has 0 aliphatic carbocycles. The molecule has 0 heterocycles. The van der Waals surface area contributed by atoms with Gasteiger partial charge in [0.15, 0.2) is 0 Å². The van der Waals surface area contributed by atoms with Crippen LogP contribution in [0.3, 0.4) is 0 Å². The largest absolute Gasteiger partial charge is 0.481 e. The van der Waals surface area contributed by atoms with Gasteiger partial charge >= 0.3 is 15.3 Å². The average Bonchev–Trinajstić information content (AvgIpc) is 2.25. The van der Waals surface area contributed by atoms with E-state index in [1.165, 1.54) is 0 Å². The first kappa shape index (κ1) is 16.6. The van der Waals surface area contributed by atoms with Gasteiger partial charge in [0.2, 0.25) is 0 Å². The Bertz CT molecular complexity index is 227. The molecule has 102 valence electrons. The van der Waals surface area contributed by atoms with Crippen LogP contribution in [0.4, 0.5) is 0 Å². The molecule has 0 radical (unpaired) electrons. The second kappa shape index (κ2) is 7.84. The highest BCUT2D eigenvalue weighted by Crippen LogP contribution is 2.42. The molecule has 4 nitrogen and oxygen atoms in total. The summed E-state index contributed by atoms with van der Waals surface area (Å²) in [6.45, 7) is 10.8. The lowest BCUT2D eigenvalue weighted by atomic mass is 9.94. The Hall–Kier alpha value is -0.393. The van der Waals surface area contributed by atoms with Gasteiger partial charge in [-0.05, 0) is 32.6 Å². The fraction of sp³-hybridized carbons (Fsp3) is 0.917. The van der Waals surface area contributed by atoms with Crippen LogP contribution in [-0.2, 0) is 13.6 Å². The Morgan fingerprint density at radius 2 is 1.71 bits per heavy atom. The lowest BCUT2D eigenvalue weighted by Gasteiger charge is -2.35. The van der Waals surface area contributed by atoms with E-state index in [-0.39, 0.29) is 0 Å². The van der Waals surface area contributed by atoms with Gasteiger partial charge < -0.3 is 14.0 Å². The molecule has 0 rings (SSSR count). The van der Waals surface area contributed by atoms with Crippen LogP contribution in [0.2, 0.25) is 5.04 Å². The third kappa shape index (κ3) is 4.41. The minimum absolute atomic E-state index is 0.321. The second-order valence-electron chi connectivity index (χ2n) is 4.66. The SMILES string of the molecule is CCO[SiH](OCC)C(CC)(CC(C)C)C(=O)O. The number of carbonyl (C=O) groups is 1. The van der Waals surface area contributed by atoms with E-state index in [9.17, 15) is 9.90 Å². The fourth-order valence-corrected chi connectivity index (χ4v) is 4.68. The number of aliphatic carboxylic acids is 1. The van der Waals surface area contributed by atoms with E-state index >= 15 is 0 Å². The van der Waals surface area contributed by atoms with Gasteiger partial charge in [0.1, 0.15) is 5.04 Å². The summed E-state index contributed by atoms with van der Waals surface area (Å²) >= 11 is 0. The summed E-state index contributed by atoms with van der Waals surface area (Å²) < 4.78 is 11.3. The standard InChI is InChI=1S/C12H26O4Si/c1-6-12(11(13)14,9-10(4)5)17(15-7-2)16-8-3/h10,17H,6-9H2,1-5H3,(H,13,14). The highest BCUT2D eigenvalue weighted by molar-refractivity contribution is 6.54. The van der Waals surface area contributed by atoms with Crippen molar-refractivity contribution in [3.63, 3.8) is 0 Å². The van der Waals surface area contributed by atoms with Gasteiger partial charge in [-0.25, -0.2) is 0 Å². The Balaban J connectivity index is 5.12. The van der Waals surface area contributed by atoms with Crippen molar-refractivity contribution in [1.82, 2.24) is 0 Å². The highest BCUT2D eigenvalue weighted by atomic mass is 28.3.